The standard InChI is InChI=1S/C17H13N5O3S3/c23-16(19-17-18-9-10-26-17)14(11-5-2-1-3-6-11)22-28(24,25)13-8-4-7-12-15(13)21-27-20-12/h1-10,14,22H,(H,18,19,23)/t14-/m0/s1. The minimum atomic E-state index is -4.05. The van der Waals surface area contributed by atoms with Gasteiger partial charge in [0.15, 0.2) is 5.13 Å². The average Bonchev–Trinajstić information content (AvgIpc) is 3.38. The molecular weight excluding hydrogens is 418 g/mol. The Morgan fingerprint density at radius 1 is 1.04 bits per heavy atom. The fourth-order valence-electron chi connectivity index (χ4n) is 2.60. The molecule has 0 spiro atoms. The van der Waals surface area contributed by atoms with Crippen molar-refractivity contribution in [3.63, 3.8) is 0 Å². The summed E-state index contributed by atoms with van der Waals surface area (Å²) < 4.78 is 36.8. The van der Waals surface area contributed by atoms with Crippen LogP contribution in [-0.2, 0) is 14.8 Å². The molecule has 2 heterocycles. The molecule has 4 aromatic rings. The molecule has 4 rings (SSSR count). The Hall–Kier alpha value is -2.73. The number of fused-ring (bicyclic) bond motifs is 1. The monoisotopic (exact) mass is 431 g/mol. The van der Waals surface area contributed by atoms with E-state index < -0.39 is 22.0 Å². The lowest BCUT2D eigenvalue weighted by molar-refractivity contribution is -0.117. The van der Waals surface area contributed by atoms with E-state index in [0.717, 1.165) is 11.7 Å². The number of carbonyl (C=O) groups excluding carboxylic acids is 1. The molecule has 1 atom stereocenters. The van der Waals surface area contributed by atoms with Crippen molar-refractivity contribution in [2.75, 3.05) is 5.32 Å². The Kier molecular flexibility index (Phi) is 5.13. The summed E-state index contributed by atoms with van der Waals surface area (Å²) in [6.07, 6.45) is 1.55. The topological polar surface area (TPSA) is 114 Å². The molecule has 0 aliphatic rings. The summed E-state index contributed by atoms with van der Waals surface area (Å²) >= 11 is 2.17. The van der Waals surface area contributed by atoms with Crippen LogP contribution in [0.2, 0.25) is 0 Å². The molecule has 2 N–H and O–H groups in total. The van der Waals surface area contributed by atoms with Gasteiger partial charge in [-0.25, -0.2) is 13.4 Å². The number of sulfonamides is 1. The van der Waals surface area contributed by atoms with Crippen LogP contribution in [0, 0.1) is 0 Å². The summed E-state index contributed by atoms with van der Waals surface area (Å²) in [5.41, 5.74) is 1.26. The van der Waals surface area contributed by atoms with Crippen molar-refractivity contribution in [1.29, 1.82) is 0 Å². The number of aromatic nitrogens is 3. The van der Waals surface area contributed by atoms with Gasteiger partial charge in [0.25, 0.3) is 0 Å². The summed E-state index contributed by atoms with van der Waals surface area (Å²) in [4.78, 5) is 16.8. The van der Waals surface area contributed by atoms with Crippen molar-refractivity contribution in [2.24, 2.45) is 0 Å². The maximum Gasteiger partial charge on any atom is 0.248 e. The molecule has 0 radical (unpaired) electrons. The lowest BCUT2D eigenvalue weighted by Crippen LogP contribution is -2.37. The maximum atomic E-state index is 13.1. The van der Waals surface area contributed by atoms with Crippen molar-refractivity contribution in [3.05, 3.63) is 65.7 Å². The Labute approximate surface area is 168 Å². The third kappa shape index (κ3) is 3.78. The van der Waals surface area contributed by atoms with E-state index in [1.54, 1.807) is 54.0 Å². The van der Waals surface area contributed by atoms with E-state index >= 15 is 0 Å². The summed E-state index contributed by atoms with van der Waals surface area (Å²) in [6.45, 7) is 0. The molecule has 28 heavy (non-hydrogen) atoms. The highest BCUT2D eigenvalue weighted by molar-refractivity contribution is 7.89. The summed E-state index contributed by atoms with van der Waals surface area (Å²) in [5.74, 6) is -0.534. The first-order valence-corrected chi connectivity index (χ1v) is 11.1. The lowest BCUT2D eigenvalue weighted by atomic mass is 10.1. The maximum absolute atomic E-state index is 13.1. The first kappa shape index (κ1) is 18.6. The number of nitrogens with zero attached hydrogens (tertiary/aromatic N) is 3. The van der Waals surface area contributed by atoms with Crippen LogP contribution in [0.5, 0.6) is 0 Å². The van der Waals surface area contributed by atoms with Crippen molar-refractivity contribution in [1.82, 2.24) is 18.5 Å². The van der Waals surface area contributed by atoms with Crippen LogP contribution in [0.25, 0.3) is 11.0 Å². The number of carbonyl (C=O) groups is 1. The quantitative estimate of drug-likeness (QED) is 0.485. The van der Waals surface area contributed by atoms with Gasteiger partial charge in [-0.1, -0.05) is 36.4 Å². The second kappa shape index (κ2) is 7.72. The Morgan fingerprint density at radius 2 is 1.86 bits per heavy atom. The highest BCUT2D eigenvalue weighted by atomic mass is 32.2. The summed E-state index contributed by atoms with van der Waals surface area (Å²) in [7, 11) is -4.05. The molecule has 2 aromatic heterocycles. The van der Waals surface area contributed by atoms with Crippen LogP contribution in [0.4, 0.5) is 5.13 Å². The van der Waals surface area contributed by atoms with Crippen LogP contribution in [-0.4, -0.2) is 28.1 Å². The van der Waals surface area contributed by atoms with E-state index in [2.05, 4.69) is 23.8 Å². The van der Waals surface area contributed by atoms with Crippen molar-refractivity contribution in [3.8, 4) is 0 Å². The Balaban J connectivity index is 1.70. The number of rotatable bonds is 6. The number of benzene rings is 2. The molecule has 142 valence electrons. The predicted octanol–water partition coefficient (Wildman–Crippen LogP) is 2.81. The van der Waals surface area contributed by atoms with Crippen molar-refractivity contribution >= 4 is 55.2 Å². The number of hydrogen-bond donors (Lipinski definition) is 2. The van der Waals surface area contributed by atoms with E-state index in [9.17, 15) is 13.2 Å². The van der Waals surface area contributed by atoms with E-state index in [1.807, 2.05) is 0 Å². The molecule has 0 fully saturated rings. The Bertz CT molecular complexity index is 1210. The number of anilines is 1. The van der Waals surface area contributed by atoms with Crippen LogP contribution in [0.15, 0.2) is 65.0 Å². The fourth-order valence-corrected chi connectivity index (χ4v) is 5.08. The largest absolute Gasteiger partial charge is 0.300 e. The second-order valence-corrected chi connectivity index (χ2v) is 8.79. The fraction of sp³-hybridized carbons (Fsp3) is 0.0588. The number of hydrogen-bond acceptors (Lipinski definition) is 8. The number of amides is 1. The highest BCUT2D eigenvalue weighted by Crippen LogP contribution is 2.24. The molecule has 0 aliphatic heterocycles. The average molecular weight is 432 g/mol. The molecule has 8 nitrogen and oxygen atoms in total. The zero-order chi connectivity index (χ0) is 19.6. The molecule has 11 heteroatoms. The van der Waals surface area contributed by atoms with Crippen LogP contribution < -0.4 is 10.0 Å². The smallest absolute Gasteiger partial charge is 0.248 e. The summed E-state index contributed by atoms with van der Waals surface area (Å²) in [6, 6.07) is 12.2. The predicted molar refractivity (Wildman–Crippen MR) is 108 cm³/mol. The zero-order valence-corrected chi connectivity index (χ0v) is 16.6. The van der Waals surface area contributed by atoms with E-state index in [0.29, 0.717) is 16.2 Å². The van der Waals surface area contributed by atoms with E-state index in [4.69, 9.17) is 0 Å². The second-order valence-electron chi connectivity index (χ2n) is 5.68. The zero-order valence-electron chi connectivity index (χ0n) is 14.1. The molecule has 0 saturated carbocycles. The minimum Gasteiger partial charge on any atom is -0.300 e. The van der Waals surface area contributed by atoms with Crippen LogP contribution >= 0.6 is 23.1 Å². The first-order valence-electron chi connectivity index (χ1n) is 8.03. The third-order valence-electron chi connectivity index (χ3n) is 3.87. The molecule has 0 saturated heterocycles. The number of thiazole rings is 1. The lowest BCUT2D eigenvalue weighted by Gasteiger charge is -2.18. The molecule has 0 aliphatic carbocycles. The van der Waals surface area contributed by atoms with Gasteiger partial charge in [-0.05, 0) is 17.7 Å². The van der Waals surface area contributed by atoms with Gasteiger partial charge in [-0.15, -0.1) is 11.3 Å². The van der Waals surface area contributed by atoms with Gasteiger partial charge in [-0.2, -0.15) is 13.5 Å². The number of nitrogens with one attached hydrogen (secondary N) is 2. The van der Waals surface area contributed by atoms with Gasteiger partial charge in [0.1, 0.15) is 22.0 Å². The van der Waals surface area contributed by atoms with Crippen molar-refractivity contribution < 1.29 is 13.2 Å². The van der Waals surface area contributed by atoms with Gasteiger partial charge >= 0.3 is 0 Å². The van der Waals surface area contributed by atoms with Gasteiger partial charge in [-0.3, -0.25) is 4.79 Å². The molecule has 2 aromatic carbocycles. The van der Waals surface area contributed by atoms with Gasteiger partial charge < -0.3 is 5.32 Å². The van der Waals surface area contributed by atoms with Crippen LogP contribution in [0.3, 0.4) is 0 Å². The SMILES string of the molecule is O=C(Nc1nccs1)[C@@H](NS(=O)(=O)c1cccc2nsnc12)c1ccccc1. The first-order chi connectivity index (χ1) is 13.5. The molecule has 0 bridgehead atoms. The van der Waals surface area contributed by atoms with E-state index in [1.165, 1.54) is 17.4 Å². The molecular formula is C17H13N5O3S3. The van der Waals surface area contributed by atoms with E-state index in [-0.39, 0.29) is 10.4 Å². The third-order valence-corrected chi connectivity index (χ3v) is 6.55. The summed E-state index contributed by atoms with van der Waals surface area (Å²) in [5, 5.41) is 4.74. The molecule has 1 amide bonds. The van der Waals surface area contributed by atoms with Gasteiger partial charge in [0.2, 0.25) is 15.9 Å². The highest BCUT2D eigenvalue weighted by Gasteiger charge is 2.29. The van der Waals surface area contributed by atoms with Crippen LogP contribution in [0.1, 0.15) is 11.6 Å². The normalized spacial score (nSPS) is 12.7. The Morgan fingerprint density at radius 3 is 2.61 bits per heavy atom. The minimum absolute atomic E-state index is 0.0262. The molecule has 0 unspecified atom stereocenters. The van der Waals surface area contributed by atoms with Gasteiger partial charge in [0.05, 0.1) is 11.7 Å². The van der Waals surface area contributed by atoms with Gasteiger partial charge in [0, 0.05) is 11.6 Å². The van der Waals surface area contributed by atoms with Crippen molar-refractivity contribution in [2.45, 2.75) is 10.9 Å².